The molecule has 0 aliphatic carbocycles. The lowest BCUT2D eigenvalue weighted by molar-refractivity contribution is 0.188. The van der Waals surface area contributed by atoms with Gasteiger partial charge >= 0.3 is 0 Å². The van der Waals surface area contributed by atoms with E-state index in [0.29, 0.717) is 6.04 Å². The monoisotopic (exact) mass is 299 g/mol. The first kappa shape index (κ1) is 15.1. The zero-order valence-electron chi connectivity index (χ0n) is 13.5. The highest BCUT2D eigenvalue weighted by Crippen LogP contribution is 2.30. The summed E-state index contributed by atoms with van der Waals surface area (Å²) < 4.78 is 7.15. The smallest absolute Gasteiger partial charge is 0.118 e. The molecule has 0 saturated carbocycles. The molecule has 1 aromatic heterocycles. The van der Waals surface area contributed by atoms with Crippen molar-refractivity contribution in [1.29, 1.82) is 0 Å². The van der Waals surface area contributed by atoms with E-state index in [1.807, 2.05) is 30.1 Å². The highest BCUT2D eigenvalue weighted by molar-refractivity contribution is 5.27. The Bertz CT molecular complexity index is 591. The van der Waals surface area contributed by atoms with Crippen LogP contribution in [0.3, 0.4) is 0 Å². The minimum absolute atomic E-state index is 0.436. The van der Waals surface area contributed by atoms with Crippen molar-refractivity contribution in [3.05, 3.63) is 47.8 Å². The Morgan fingerprint density at radius 1 is 1.14 bits per heavy atom. The first-order valence-corrected chi connectivity index (χ1v) is 8.13. The lowest BCUT2D eigenvalue weighted by atomic mass is 10.1. The molecule has 2 heterocycles. The number of methoxy groups -OCH3 is 1. The third-order valence-electron chi connectivity index (χ3n) is 4.48. The second-order valence-electron chi connectivity index (χ2n) is 6.10. The number of aryl methyl sites for hydroxylation is 1. The minimum Gasteiger partial charge on any atom is -0.497 e. The fraction of sp³-hybridized carbons (Fsp3) is 0.500. The van der Waals surface area contributed by atoms with Gasteiger partial charge in [0.2, 0.25) is 0 Å². The summed E-state index contributed by atoms with van der Waals surface area (Å²) in [6.07, 6.45) is 7.14. The summed E-state index contributed by atoms with van der Waals surface area (Å²) in [5.41, 5.74) is 2.54. The molecule has 1 atom stereocenters. The maximum atomic E-state index is 5.25. The molecule has 1 aliphatic heterocycles. The van der Waals surface area contributed by atoms with Crippen LogP contribution in [-0.4, -0.2) is 28.3 Å². The van der Waals surface area contributed by atoms with E-state index in [0.717, 1.165) is 18.8 Å². The summed E-state index contributed by atoms with van der Waals surface area (Å²) in [7, 11) is 3.70. The number of nitrogens with zero attached hydrogens (tertiary/aromatic N) is 3. The van der Waals surface area contributed by atoms with Gasteiger partial charge in [0.05, 0.1) is 18.8 Å². The van der Waals surface area contributed by atoms with Crippen LogP contribution in [0.5, 0.6) is 5.75 Å². The van der Waals surface area contributed by atoms with Crippen molar-refractivity contribution < 1.29 is 4.74 Å². The molecular weight excluding hydrogens is 274 g/mol. The molecule has 0 radical (unpaired) electrons. The standard InChI is InChI=1S/C18H25N3O/c1-20-13-11-17(19-20)18-6-4-3-5-12-21(18)14-15-7-9-16(22-2)10-8-15/h7-11,13,18H,3-6,12,14H2,1-2H3/t18-/m0/s1. The van der Waals surface area contributed by atoms with Gasteiger partial charge in [0.1, 0.15) is 5.75 Å². The van der Waals surface area contributed by atoms with Gasteiger partial charge in [-0.05, 0) is 43.1 Å². The molecule has 3 rings (SSSR count). The van der Waals surface area contributed by atoms with E-state index < -0.39 is 0 Å². The number of benzene rings is 1. The van der Waals surface area contributed by atoms with Crippen LogP contribution in [0.2, 0.25) is 0 Å². The summed E-state index contributed by atoms with van der Waals surface area (Å²) >= 11 is 0. The maximum absolute atomic E-state index is 5.25. The molecule has 0 N–H and O–H groups in total. The minimum atomic E-state index is 0.436. The molecule has 1 saturated heterocycles. The SMILES string of the molecule is COc1ccc(CN2CCCCC[C@H]2c2ccn(C)n2)cc1. The zero-order chi connectivity index (χ0) is 15.4. The second kappa shape index (κ2) is 6.97. The van der Waals surface area contributed by atoms with E-state index in [9.17, 15) is 0 Å². The van der Waals surface area contributed by atoms with Crippen molar-refractivity contribution in [2.75, 3.05) is 13.7 Å². The van der Waals surface area contributed by atoms with Crippen LogP contribution in [0.25, 0.3) is 0 Å². The average Bonchev–Trinajstić information content (AvgIpc) is 2.83. The summed E-state index contributed by atoms with van der Waals surface area (Å²) in [5, 5.41) is 4.65. The Kier molecular flexibility index (Phi) is 4.78. The van der Waals surface area contributed by atoms with Crippen LogP contribution in [0, 0.1) is 0 Å². The molecule has 22 heavy (non-hydrogen) atoms. The van der Waals surface area contributed by atoms with Crippen molar-refractivity contribution in [2.45, 2.75) is 38.3 Å². The van der Waals surface area contributed by atoms with Gasteiger partial charge in [0, 0.05) is 19.8 Å². The zero-order valence-corrected chi connectivity index (χ0v) is 13.5. The Balaban J connectivity index is 1.77. The molecule has 118 valence electrons. The van der Waals surface area contributed by atoms with Gasteiger partial charge in [-0.25, -0.2) is 0 Å². The fourth-order valence-corrected chi connectivity index (χ4v) is 3.27. The number of rotatable bonds is 4. The number of likely N-dealkylation sites (tertiary alicyclic amines) is 1. The predicted molar refractivity (Wildman–Crippen MR) is 87.8 cm³/mol. The van der Waals surface area contributed by atoms with Crippen molar-refractivity contribution in [3.8, 4) is 5.75 Å². The molecule has 0 bridgehead atoms. The highest BCUT2D eigenvalue weighted by atomic mass is 16.5. The normalized spacial score (nSPS) is 19.8. The lowest BCUT2D eigenvalue weighted by Gasteiger charge is -2.28. The van der Waals surface area contributed by atoms with E-state index in [1.54, 1.807) is 7.11 Å². The van der Waals surface area contributed by atoms with Crippen LogP contribution in [0.1, 0.15) is 43.0 Å². The lowest BCUT2D eigenvalue weighted by Crippen LogP contribution is -2.28. The van der Waals surface area contributed by atoms with Crippen molar-refractivity contribution in [2.24, 2.45) is 7.05 Å². The van der Waals surface area contributed by atoms with Gasteiger partial charge in [-0.1, -0.05) is 25.0 Å². The van der Waals surface area contributed by atoms with Gasteiger partial charge in [0.15, 0.2) is 0 Å². The Morgan fingerprint density at radius 2 is 1.95 bits per heavy atom. The third-order valence-corrected chi connectivity index (χ3v) is 4.48. The van der Waals surface area contributed by atoms with Gasteiger partial charge < -0.3 is 4.74 Å². The summed E-state index contributed by atoms with van der Waals surface area (Å²) in [6, 6.07) is 11.0. The first-order valence-electron chi connectivity index (χ1n) is 8.13. The van der Waals surface area contributed by atoms with Crippen LogP contribution in [0.4, 0.5) is 0 Å². The van der Waals surface area contributed by atoms with E-state index in [4.69, 9.17) is 4.74 Å². The van der Waals surface area contributed by atoms with E-state index in [2.05, 4.69) is 28.2 Å². The molecule has 1 aliphatic rings. The van der Waals surface area contributed by atoms with Gasteiger partial charge in [-0.15, -0.1) is 0 Å². The van der Waals surface area contributed by atoms with Crippen LogP contribution < -0.4 is 4.74 Å². The predicted octanol–water partition coefficient (Wildman–Crippen LogP) is 3.55. The van der Waals surface area contributed by atoms with E-state index in [-0.39, 0.29) is 0 Å². The number of hydrogen-bond acceptors (Lipinski definition) is 3. The molecule has 1 fully saturated rings. The van der Waals surface area contributed by atoms with Crippen LogP contribution >= 0.6 is 0 Å². The summed E-state index contributed by atoms with van der Waals surface area (Å²) in [5.74, 6) is 0.917. The number of ether oxygens (including phenoxy) is 1. The molecule has 1 aromatic carbocycles. The Hall–Kier alpha value is -1.81. The number of aromatic nitrogens is 2. The molecule has 2 aromatic rings. The second-order valence-corrected chi connectivity index (χ2v) is 6.10. The average molecular weight is 299 g/mol. The largest absolute Gasteiger partial charge is 0.497 e. The molecule has 4 heteroatoms. The van der Waals surface area contributed by atoms with Crippen molar-refractivity contribution >= 4 is 0 Å². The van der Waals surface area contributed by atoms with Gasteiger partial charge in [0.25, 0.3) is 0 Å². The molecule has 0 unspecified atom stereocenters. The quantitative estimate of drug-likeness (QED) is 0.865. The van der Waals surface area contributed by atoms with E-state index >= 15 is 0 Å². The third kappa shape index (κ3) is 3.50. The molecular formula is C18H25N3O. The summed E-state index contributed by atoms with van der Waals surface area (Å²) in [4.78, 5) is 2.58. The maximum Gasteiger partial charge on any atom is 0.118 e. The fourth-order valence-electron chi connectivity index (χ4n) is 3.27. The van der Waals surface area contributed by atoms with Crippen LogP contribution in [-0.2, 0) is 13.6 Å². The van der Waals surface area contributed by atoms with E-state index in [1.165, 1.54) is 36.9 Å². The highest BCUT2D eigenvalue weighted by Gasteiger charge is 2.24. The Labute approximate surface area is 132 Å². The summed E-state index contributed by atoms with van der Waals surface area (Å²) in [6.45, 7) is 2.12. The Morgan fingerprint density at radius 3 is 2.64 bits per heavy atom. The molecule has 4 nitrogen and oxygen atoms in total. The van der Waals surface area contributed by atoms with Gasteiger partial charge in [-0.3, -0.25) is 9.58 Å². The number of hydrogen-bond donors (Lipinski definition) is 0. The van der Waals surface area contributed by atoms with Gasteiger partial charge in [-0.2, -0.15) is 5.10 Å². The van der Waals surface area contributed by atoms with Crippen molar-refractivity contribution in [1.82, 2.24) is 14.7 Å². The van der Waals surface area contributed by atoms with Crippen molar-refractivity contribution in [3.63, 3.8) is 0 Å². The molecule has 0 amide bonds. The first-order chi connectivity index (χ1) is 10.8. The topological polar surface area (TPSA) is 30.3 Å². The molecule has 0 spiro atoms. The van der Waals surface area contributed by atoms with Crippen LogP contribution in [0.15, 0.2) is 36.5 Å².